The molecule has 1 N–H and O–H groups in total. The van der Waals surface area contributed by atoms with Gasteiger partial charge in [0.2, 0.25) is 0 Å². The van der Waals surface area contributed by atoms with Crippen molar-refractivity contribution in [3.05, 3.63) is 0 Å². The molecule has 1 saturated carbocycles. The van der Waals surface area contributed by atoms with Gasteiger partial charge in [0, 0.05) is 0 Å². The Kier molecular flexibility index (Phi) is 6.17. The molecule has 108 valence electrons. The average molecular weight is 253 g/mol. The molecule has 18 heavy (non-hydrogen) atoms. The van der Waals surface area contributed by atoms with Gasteiger partial charge in [0.1, 0.15) is 0 Å². The first-order chi connectivity index (χ1) is 8.33. The second-order valence-electron chi connectivity index (χ2n) is 7.99. The van der Waals surface area contributed by atoms with Crippen LogP contribution in [0, 0.1) is 29.1 Å². The Morgan fingerprint density at radius 3 is 2.28 bits per heavy atom. The molecule has 3 unspecified atom stereocenters. The van der Waals surface area contributed by atoms with Crippen molar-refractivity contribution in [2.45, 2.75) is 66.7 Å². The molecule has 0 aromatic rings. The van der Waals surface area contributed by atoms with Gasteiger partial charge in [-0.15, -0.1) is 0 Å². The van der Waals surface area contributed by atoms with E-state index in [0.717, 1.165) is 23.7 Å². The second-order valence-corrected chi connectivity index (χ2v) is 7.99. The summed E-state index contributed by atoms with van der Waals surface area (Å²) in [5.41, 5.74) is 0.495. The lowest BCUT2D eigenvalue weighted by atomic mass is 9.68. The van der Waals surface area contributed by atoms with Crippen LogP contribution in [0.4, 0.5) is 0 Å². The summed E-state index contributed by atoms with van der Waals surface area (Å²) in [5, 5.41) is 3.41. The lowest BCUT2D eigenvalue weighted by Crippen LogP contribution is -2.33. The van der Waals surface area contributed by atoms with Crippen LogP contribution in [0.3, 0.4) is 0 Å². The predicted molar refractivity (Wildman–Crippen MR) is 81.8 cm³/mol. The molecule has 0 spiro atoms. The van der Waals surface area contributed by atoms with Gasteiger partial charge in [0.05, 0.1) is 0 Å². The van der Waals surface area contributed by atoms with Crippen LogP contribution in [-0.4, -0.2) is 13.6 Å². The summed E-state index contributed by atoms with van der Waals surface area (Å²) < 4.78 is 0. The first-order valence-corrected chi connectivity index (χ1v) is 7.98. The molecular formula is C17H35N. The lowest BCUT2D eigenvalue weighted by molar-refractivity contribution is 0.127. The molecule has 0 heterocycles. The summed E-state index contributed by atoms with van der Waals surface area (Å²) in [6.45, 7) is 13.2. The molecule has 0 aromatic carbocycles. The first kappa shape index (κ1) is 16.0. The molecule has 3 atom stereocenters. The van der Waals surface area contributed by atoms with Crippen molar-refractivity contribution in [1.29, 1.82) is 0 Å². The SMILES string of the molecule is CNCC1CCC(C(C)C)CC1CCC(C)(C)C. The number of hydrogen-bond acceptors (Lipinski definition) is 1. The Balaban J connectivity index is 2.54. The highest BCUT2D eigenvalue weighted by molar-refractivity contribution is 4.83. The molecule has 1 nitrogen and oxygen atoms in total. The van der Waals surface area contributed by atoms with E-state index in [2.05, 4.69) is 47.0 Å². The van der Waals surface area contributed by atoms with E-state index in [1.54, 1.807) is 0 Å². The monoisotopic (exact) mass is 253 g/mol. The third kappa shape index (κ3) is 5.30. The largest absolute Gasteiger partial charge is 0.319 e. The van der Waals surface area contributed by atoms with Gasteiger partial charge < -0.3 is 5.32 Å². The quantitative estimate of drug-likeness (QED) is 0.747. The zero-order valence-corrected chi connectivity index (χ0v) is 13.6. The number of nitrogens with one attached hydrogen (secondary N) is 1. The van der Waals surface area contributed by atoms with E-state index in [9.17, 15) is 0 Å². The van der Waals surface area contributed by atoms with E-state index < -0.39 is 0 Å². The second kappa shape index (κ2) is 6.93. The van der Waals surface area contributed by atoms with Gasteiger partial charge in [-0.3, -0.25) is 0 Å². The summed E-state index contributed by atoms with van der Waals surface area (Å²) in [6, 6.07) is 0. The van der Waals surface area contributed by atoms with E-state index in [0.29, 0.717) is 5.41 Å². The molecule has 1 heteroatoms. The summed E-state index contributed by atoms with van der Waals surface area (Å²) in [5.74, 6) is 3.73. The van der Waals surface area contributed by atoms with Gasteiger partial charge in [-0.2, -0.15) is 0 Å². The van der Waals surface area contributed by atoms with Gasteiger partial charge in [-0.05, 0) is 74.8 Å². The zero-order chi connectivity index (χ0) is 13.8. The molecular weight excluding hydrogens is 218 g/mol. The van der Waals surface area contributed by atoms with Crippen molar-refractivity contribution in [1.82, 2.24) is 5.32 Å². The minimum Gasteiger partial charge on any atom is -0.319 e. The Hall–Kier alpha value is -0.0400. The molecule has 0 aliphatic heterocycles. The van der Waals surface area contributed by atoms with E-state index in [4.69, 9.17) is 0 Å². The highest BCUT2D eigenvalue weighted by Gasteiger charge is 2.31. The molecule has 0 saturated heterocycles. The van der Waals surface area contributed by atoms with E-state index in [1.165, 1.54) is 38.6 Å². The van der Waals surface area contributed by atoms with Crippen molar-refractivity contribution in [3.8, 4) is 0 Å². The highest BCUT2D eigenvalue weighted by atomic mass is 14.8. The molecule has 1 aliphatic carbocycles. The Morgan fingerprint density at radius 1 is 1.11 bits per heavy atom. The van der Waals surface area contributed by atoms with Crippen molar-refractivity contribution in [2.24, 2.45) is 29.1 Å². The average Bonchev–Trinajstić information content (AvgIpc) is 2.26. The lowest BCUT2D eigenvalue weighted by Gasteiger charge is -2.39. The fraction of sp³-hybridized carbons (Fsp3) is 1.00. The summed E-state index contributed by atoms with van der Waals surface area (Å²) in [4.78, 5) is 0. The van der Waals surface area contributed by atoms with Crippen LogP contribution in [0.15, 0.2) is 0 Å². The van der Waals surface area contributed by atoms with E-state index >= 15 is 0 Å². The number of hydrogen-bond donors (Lipinski definition) is 1. The Bertz CT molecular complexity index is 226. The molecule has 1 aliphatic rings. The van der Waals surface area contributed by atoms with Gasteiger partial charge in [0.25, 0.3) is 0 Å². The maximum atomic E-state index is 3.41. The van der Waals surface area contributed by atoms with Crippen LogP contribution >= 0.6 is 0 Å². The van der Waals surface area contributed by atoms with Crippen molar-refractivity contribution >= 4 is 0 Å². The Labute approximate surface area is 115 Å². The van der Waals surface area contributed by atoms with Crippen LogP contribution < -0.4 is 5.32 Å². The van der Waals surface area contributed by atoms with E-state index in [1.807, 2.05) is 0 Å². The molecule has 1 rings (SSSR count). The third-order valence-corrected chi connectivity index (χ3v) is 4.85. The van der Waals surface area contributed by atoms with Crippen LogP contribution in [0.2, 0.25) is 0 Å². The van der Waals surface area contributed by atoms with Gasteiger partial charge in [0.15, 0.2) is 0 Å². The van der Waals surface area contributed by atoms with Crippen LogP contribution in [0.25, 0.3) is 0 Å². The molecule has 0 amide bonds. The zero-order valence-electron chi connectivity index (χ0n) is 13.6. The standard InChI is InChI=1S/C17H35N/c1-13(2)14-7-8-16(12-18-6)15(11-14)9-10-17(3,4)5/h13-16,18H,7-12H2,1-6H3. The van der Waals surface area contributed by atoms with Crippen molar-refractivity contribution in [3.63, 3.8) is 0 Å². The van der Waals surface area contributed by atoms with Crippen molar-refractivity contribution < 1.29 is 0 Å². The normalized spacial score (nSPS) is 29.8. The van der Waals surface area contributed by atoms with Crippen molar-refractivity contribution in [2.75, 3.05) is 13.6 Å². The van der Waals surface area contributed by atoms with Crippen LogP contribution in [0.5, 0.6) is 0 Å². The maximum Gasteiger partial charge on any atom is -0.00209 e. The third-order valence-electron chi connectivity index (χ3n) is 4.85. The molecule has 0 aromatic heterocycles. The first-order valence-electron chi connectivity index (χ1n) is 7.98. The van der Waals surface area contributed by atoms with E-state index in [-0.39, 0.29) is 0 Å². The fourth-order valence-corrected chi connectivity index (χ4v) is 3.47. The highest BCUT2D eigenvalue weighted by Crippen LogP contribution is 2.40. The maximum absolute atomic E-state index is 3.41. The summed E-state index contributed by atoms with van der Waals surface area (Å²) >= 11 is 0. The van der Waals surface area contributed by atoms with Gasteiger partial charge in [-0.1, -0.05) is 34.6 Å². The minimum absolute atomic E-state index is 0.495. The minimum atomic E-state index is 0.495. The molecule has 0 bridgehead atoms. The fourth-order valence-electron chi connectivity index (χ4n) is 3.47. The molecule has 0 radical (unpaired) electrons. The predicted octanol–water partition coefficient (Wildman–Crippen LogP) is 4.72. The topological polar surface area (TPSA) is 12.0 Å². The smallest absolute Gasteiger partial charge is 0.00209 e. The van der Waals surface area contributed by atoms with Gasteiger partial charge in [-0.25, -0.2) is 0 Å². The summed E-state index contributed by atoms with van der Waals surface area (Å²) in [7, 11) is 2.11. The Morgan fingerprint density at radius 2 is 1.78 bits per heavy atom. The van der Waals surface area contributed by atoms with Crippen LogP contribution in [0.1, 0.15) is 66.7 Å². The number of rotatable bonds is 5. The summed E-state index contributed by atoms with van der Waals surface area (Å²) in [6.07, 6.45) is 7.18. The van der Waals surface area contributed by atoms with Crippen LogP contribution in [-0.2, 0) is 0 Å². The van der Waals surface area contributed by atoms with Gasteiger partial charge >= 0.3 is 0 Å². The molecule has 1 fully saturated rings.